The number of quaternary nitrogens is 1. The number of nitrogens with one attached hydrogen (secondary N) is 1. The number of halogens is 1. The molecule has 0 saturated heterocycles. The van der Waals surface area contributed by atoms with Gasteiger partial charge in [-0.25, -0.2) is 8.42 Å². The molecule has 0 aliphatic carbocycles. The summed E-state index contributed by atoms with van der Waals surface area (Å²) in [6.45, 7) is 6.47. The molecular weight excluding hydrogens is 398 g/mol. The Morgan fingerprint density at radius 3 is 2.39 bits per heavy atom. The van der Waals surface area contributed by atoms with Gasteiger partial charge >= 0.3 is 0 Å². The van der Waals surface area contributed by atoms with E-state index in [2.05, 4.69) is 5.32 Å². The number of benzene rings is 2. The number of carbonyl (C=O) groups excluding carboxylic acids is 1. The molecule has 6 nitrogen and oxygen atoms in total. The normalized spacial score (nSPS) is 12.8. The molecule has 28 heavy (non-hydrogen) atoms. The summed E-state index contributed by atoms with van der Waals surface area (Å²) >= 11 is 6.12. The molecule has 0 heterocycles. The Kier molecular flexibility index (Phi) is 8.00. The highest BCUT2D eigenvalue weighted by atomic mass is 35.5. The Balaban J connectivity index is 2.07. The summed E-state index contributed by atoms with van der Waals surface area (Å²) in [4.78, 5) is 12.3. The lowest BCUT2D eigenvalue weighted by molar-refractivity contribution is -0.682. The first-order valence-corrected chi connectivity index (χ1v) is 11.1. The van der Waals surface area contributed by atoms with Gasteiger partial charge in [0.15, 0.2) is 6.54 Å². The highest BCUT2D eigenvalue weighted by Gasteiger charge is 2.25. The molecule has 0 spiro atoms. The van der Waals surface area contributed by atoms with E-state index in [0.29, 0.717) is 18.8 Å². The lowest BCUT2D eigenvalue weighted by Gasteiger charge is -2.19. The monoisotopic (exact) mass is 424 g/mol. The van der Waals surface area contributed by atoms with Gasteiger partial charge in [-0.1, -0.05) is 55.8 Å². The molecule has 2 aromatic carbocycles. The number of carbonyl (C=O) groups is 1. The van der Waals surface area contributed by atoms with Crippen LogP contribution >= 0.6 is 11.6 Å². The smallest absolute Gasteiger partial charge is 0.279 e. The van der Waals surface area contributed by atoms with Crippen LogP contribution in [-0.4, -0.2) is 38.3 Å². The van der Waals surface area contributed by atoms with E-state index in [1.54, 1.807) is 19.9 Å². The van der Waals surface area contributed by atoms with Gasteiger partial charge in [-0.2, -0.15) is 4.31 Å². The van der Waals surface area contributed by atoms with Crippen LogP contribution in [0, 0.1) is 0 Å². The zero-order chi connectivity index (χ0) is 20.7. The van der Waals surface area contributed by atoms with Crippen molar-refractivity contribution in [3.05, 3.63) is 59.1 Å². The Morgan fingerprint density at radius 1 is 1.14 bits per heavy atom. The van der Waals surface area contributed by atoms with Crippen LogP contribution in [0.3, 0.4) is 0 Å². The number of hydrogen-bond acceptors (Lipinski definition) is 3. The van der Waals surface area contributed by atoms with E-state index >= 15 is 0 Å². The number of anilines is 1. The fourth-order valence-corrected chi connectivity index (χ4v) is 4.83. The van der Waals surface area contributed by atoms with Crippen LogP contribution in [0.5, 0.6) is 0 Å². The Morgan fingerprint density at radius 2 is 1.79 bits per heavy atom. The molecule has 3 N–H and O–H groups in total. The quantitative estimate of drug-likeness (QED) is 0.649. The summed E-state index contributed by atoms with van der Waals surface area (Å²) in [6, 6.07) is 14.5. The summed E-state index contributed by atoms with van der Waals surface area (Å²) in [5, 5.41) is 4.81. The predicted molar refractivity (Wildman–Crippen MR) is 112 cm³/mol. The molecule has 0 aromatic heterocycles. The first kappa shape index (κ1) is 22.4. The number of nitrogens with zero attached hydrogens (tertiary/aromatic N) is 1. The van der Waals surface area contributed by atoms with Gasteiger partial charge in [0.2, 0.25) is 10.0 Å². The van der Waals surface area contributed by atoms with Crippen molar-refractivity contribution < 1.29 is 18.5 Å². The van der Waals surface area contributed by atoms with Gasteiger partial charge in [0, 0.05) is 24.3 Å². The molecule has 0 unspecified atom stereocenters. The van der Waals surface area contributed by atoms with Crippen molar-refractivity contribution in [1.29, 1.82) is 0 Å². The van der Waals surface area contributed by atoms with Crippen LogP contribution in [0.25, 0.3) is 0 Å². The Hall–Kier alpha value is -1.93. The van der Waals surface area contributed by atoms with Crippen molar-refractivity contribution >= 4 is 33.2 Å². The average Bonchev–Trinajstić information content (AvgIpc) is 2.69. The minimum atomic E-state index is -3.71. The number of nitrogens with two attached hydrogens (primary N) is 1. The van der Waals surface area contributed by atoms with Crippen molar-refractivity contribution in [2.24, 2.45) is 0 Å². The van der Waals surface area contributed by atoms with E-state index in [-0.39, 0.29) is 28.4 Å². The summed E-state index contributed by atoms with van der Waals surface area (Å²) < 4.78 is 26.8. The van der Waals surface area contributed by atoms with Crippen LogP contribution in [0.2, 0.25) is 5.02 Å². The van der Waals surface area contributed by atoms with Crippen LogP contribution in [0.4, 0.5) is 5.69 Å². The molecular formula is C20H27ClN3O3S+. The number of amides is 1. The molecule has 2 rings (SSSR count). The summed E-state index contributed by atoms with van der Waals surface area (Å²) in [5.74, 6) is -0.212. The lowest BCUT2D eigenvalue weighted by atomic mass is 10.1. The molecule has 0 aliphatic rings. The molecule has 1 amide bonds. The molecule has 0 aliphatic heterocycles. The van der Waals surface area contributed by atoms with Gasteiger partial charge < -0.3 is 10.6 Å². The van der Waals surface area contributed by atoms with Crippen molar-refractivity contribution in [2.75, 3.05) is 25.0 Å². The van der Waals surface area contributed by atoms with Gasteiger partial charge in [-0.15, -0.1) is 0 Å². The molecule has 1 atom stereocenters. The van der Waals surface area contributed by atoms with E-state index < -0.39 is 10.0 Å². The molecule has 0 saturated carbocycles. The highest BCUT2D eigenvalue weighted by Crippen LogP contribution is 2.27. The van der Waals surface area contributed by atoms with E-state index in [0.717, 1.165) is 5.56 Å². The first-order valence-electron chi connectivity index (χ1n) is 9.27. The van der Waals surface area contributed by atoms with Crippen molar-refractivity contribution in [3.8, 4) is 0 Å². The average molecular weight is 425 g/mol. The maximum atomic E-state index is 12.7. The second-order valence-electron chi connectivity index (χ2n) is 6.42. The molecule has 0 fully saturated rings. The minimum absolute atomic E-state index is 0.00250. The summed E-state index contributed by atoms with van der Waals surface area (Å²) in [6.07, 6.45) is 0. The maximum Gasteiger partial charge on any atom is 0.279 e. The third-order valence-corrected chi connectivity index (χ3v) is 7.05. The SMILES string of the molecule is CCN(CC)S(=O)(=O)c1cc(NC(=O)C[NH2+][C@@H](C)c2ccccc2)ccc1Cl. The van der Waals surface area contributed by atoms with Gasteiger partial charge in [0.05, 0.1) is 5.02 Å². The fourth-order valence-electron chi connectivity index (χ4n) is 2.87. The molecule has 0 radical (unpaired) electrons. The molecule has 0 bridgehead atoms. The largest absolute Gasteiger partial charge is 0.333 e. The lowest BCUT2D eigenvalue weighted by Crippen LogP contribution is -2.86. The Labute approximate surface area is 171 Å². The second-order valence-corrected chi connectivity index (χ2v) is 8.74. The van der Waals surface area contributed by atoms with Gasteiger partial charge in [0.25, 0.3) is 5.91 Å². The second kappa shape index (κ2) is 10.0. The van der Waals surface area contributed by atoms with Gasteiger partial charge in [-0.3, -0.25) is 4.79 Å². The highest BCUT2D eigenvalue weighted by molar-refractivity contribution is 7.89. The van der Waals surface area contributed by atoms with E-state index in [1.807, 2.05) is 42.6 Å². The molecule has 152 valence electrons. The summed E-state index contributed by atoms with van der Waals surface area (Å²) in [5.41, 5.74) is 1.54. The van der Waals surface area contributed by atoms with E-state index in [4.69, 9.17) is 11.6 Å². The minimum Gasteiger partial charge on any atom is -0.333 e. The van der Waals surface area contributed by atoms with Crippen molar-refractivity contribution in [2.45, 2.75) is 31.7 Å². The maximum absolute atomic E-state index is 12.7. The van der Waals surface area contributed by atoms with Crippen molar-refractivity contribution in [3.63, 3.8) is 0 Å². The zero-order valence-electron chi connectivity index (χ0n) is 16.4. The number of sulfonamides is 1. The van der Waals surface area contributed by atoms with Gasteiger partial charge in [-0.05, 0) is 25.1 Å². The predicted octanol–water partition coefficient (Wildman–Crippen LogP) is 2.63. The fraction of sp³-hybridized carbons (Fsp3) is 0.350. The molecule has 2 aromatic rings. The van der Waals surface area contributed by atoms with Crippen molar-refractivity contribution in [1.82, 2.24) is 4.31 Å². The number of rotatable bonds is 9. The van der Waals surface area contributed by atoms with Gasteiger partial charge in [0.1, 0.15) is 10.9 Å². The zero-order valence-corrected chi connectivity index (χ0v) is 17.9. The third-order valence-electron chi connectivity index (χ3n) is 4.52. The summed E-state index contributed by atoms with van der Waals surface area (Å²) in [7, 11) is -3.71. The number of hydrogen-bond donors (Lipinski definition) is 2. The first-order chi connectivity index (χ1) is 13.3. The molecule has 8 heteroatoms. The third kappa shape index (κ3) is 5.54. The van der Waals surface area contributed by atoms with Crippen LogP contribution in [-0.2, 0) is 14.8 Å². The van der Waals surface area contributed by atoms with E-state index in [1.165, 1.54) is 16.4 Å². The van der Waals surface area contributed by atoms with Crippen LogP contribution < -0.4 is 10.6 Å². The standard InChI is InChI=1S/C20H26ClN3O3S/c1-4-24(5-2)28(26,27)19-13-17(11-12-18(19)21)23-20(25)14-22-15(3)16-9-7-6-8-10-16/h6-13,15,22H,4-5,14H2,1-3H3,(H,23,25)/p+1/t15-/m0/s1. The van der Waals surface area contributed by atoms with Crippen LogP contribution in [0.1, 0.15) is 32.4 Å². The Bertz CT molecular complexity index is 900. The topological polar surface area (TPSA) is 83.1 Å². The van der Waals surface area contributed by atoms with Crippen LogP contribution in [0.15, 0.2) is 53.4 Å². The van der Waals surface area contributed by atoms with E-state index in [9.17, 15) is 13.2 Å².